The molecule has 2 aromatic heterocycles. The van der Waals surface area contributed by atoms with Crippen LogP contribution in [-0.4, -0.2) is 70.3 Å². The molecular weight excluding hydrogens is 392 g/mol. The molecule has 0 bridgehead atoms. The molecule has 31 heavy (non-hydrogen) atoms. The number of anilines is 1. The molecular formula is C23H24N6O2. The van der Waals surface area contributed by atoms with E-state index >= 15 is 0 Å². The van der Waals surface area contributed by atoms with Crippen LogP contribution in [0, 0.1) is 6.92 Å². The molecule has 0 saturated carbocycles. The van der Waals surface area contributed by atoms with Gasteiger partial charge in [0.15, 0.2) is 11.5 Å². The topological polar surface area (TPSA) is 75.9 Å². The lowest BCUT2D eigenvalue weighted by Gasteiger charge is -2.35. The van der Waals surface area contributed by atoms with Gasteiger partial charge in [-0.3, -0.25) is 4.79 Å². The van der Waals surface area contributed by atoms with Gasteiger partial charge >= 0.3 is 0 Å². The minimum Gasteiger partial charge on any atom is -0.375 e. The van der Waals surface area contributed by atoms with E-state index in [1.54, 1.807) is 7.11 Å². The van der Waals surface area contributed by atoms with Crippen molar-refractivity contribution in [2.75, 3.05) is 44.8 Å². The first-order valence-electron chi connectivity index (χ1n) is 10.4. The number of aromatic nitrogens is 4. The second kappa shape index (κ2) is 7.96. The van der Waals surface area contributed by atoms with Crippen molar-refractivity contribution in [3.63, 3.8) is 0 Å². The van der Waals surface area contributed by atoms with Crippen LogP contribution in [0.15, 0.2) is 48.5 Å². The molecule has 1 aliphatic rings. The number of amides is 1. The number of methoxy groups -OCH3 is 1. The van der Waals surface area contributed by atoms with Crippen LogP contribution in [0.3, 0.4) is 0 Å². The molecule has 0 N–H and O–H groups in total. The quantitative estimate of drug-likeness (QED) is 0.509. The molecule has 8 nitrogen and oxygen atoms in total. The summed E-state index contributed by atoms with van der Waals surface area (Å²) in [6.07, 6.45) is 0. The Morgan fingerprint density at radius 3 is 2.61 bits per heavy atom. The first kappa shape index (κ1) is 19.4. The summed E-state index contributed by atoms with van der Waals surface area (Å²) in [5, 5.41) is 10.1. The molecule has 0 aliphatic carbocycles. The Morgan fingerprint density at radius 1 is 1.03 bits per heavy atom. The highest BCUT2D eigenvalue weighted by Crippen LogP contribution is 2.29. The van der Waals surface area contributed by atoms with Crippen molar-refractivity contribution in [3.05, 3.63) is 54.1 Å². The Kier molecular flexibility index (Phi) is 4.99. The van der Waals surface area contributed by atoms with Crippen LogP contribution in [0.2, 0.25) is 0 Å². The Morgan fingerprint density at radius 2 is 1.84 bits per heavy atom. The molecule has 1 amide bonds. The van der Waals surface area contributed by atoms with Crippen LogP contribution in [0.25, 0.3) is 27.9 Å². The number of hydrogen-bond donors (Lipinski definition) is 0. The van der Waals surface area contributed by atoms with Gasteiger partial charge in [0.25, 0.3) is 0 Å². The lowest BCUT2D eigenvalue weighted by molar-refractivity contribution is -0.135. The summed E-state index contributed by atoms with van der Waals surface area (Å²) in [5.41, 5.74) is 3.83. The van der Waals surface area contributed by atoms with Crippen molar-refractivity contribution < 1.29 is 9.53 Å². The normalized spacial score (nSPS) is 14.5. The zero-order valence-electron chi connectivity index (χ0n) is 17.7. The SMILES string of the molecule is COCC(=O)N1CCN(c2nc3ccccc3c3nnc(-c4cccc(C)c4)n23)CC1. The lowest BCUT2D eigenvalue weighted by Crippen LogP contribution is -2.50. The van der Waals surface area contributed by atoms with Crippen LogP contribution in [0.1, 0.15) is 5.56 Å². The smallest absolute Gasteiger partial charge is 0.248 e. The fourth-order valence-electron chi connectivity index (χ4n) is 4.12. The largest absolute Gasteiger partial charge is 0.375 e. The Labute approximate surface area is 180 Å². The maximum Gasteiger partial charge on any atom is 0.248 e. The van der Waals surface area contributed by atoms with E-state index in [4.69, 9.17) is 9.72 Å². The van der Waals surface area contributed by atoms with Gasteiger partial charge in [0.05, 0.1) is 5.52 Å². The molecule has 1 fully saturated rings. The predicted molar refractivity (Wildman–Crippen MR) is 119 cm³/mol. The van der Waals surface area contributed by atoms with Crippen LogP contribution in [0.5, 0.6) is 0 Å². The van der Waals surface area contributed by atoms with E-state index in [1.165, 1.54) is 0 Å². The average molecular weight is 416 g/mol. The van der Waals surface area contributed by atoms with Crippen molar-refractivity contribution in [3.8, 4) is 11.4 Å². The predicted octanol–water partition coefficient (Wildman–Crippen LogP) is 2.55. The second-order valence-corrected chi connectivity index (χ2v) is 7.78. The number of benzene rings is 2. The number of piperazine rings is 1. The highest BCUT2D eigenvalue weighted by atomic mass is 16.5. The van der Waals surface area contributed by atoms with Gasteiger partial charge in [-0.2, -0.15) is 0 Å². The van der Waals surface area contributed by atoms with Gasteiger partial charge in [-0.25, -0.2) is 9.38 Å². The fourth-order valence-corrected chi connectivity index (χ4v) is 4.12. The molecule has 2 aromatic carbocycles. The van der Waals surface area contributed by atoms with Crippen molar-refractivity contribution >= 4 is 28.4 Å². The van der Waals surface area contributed by atoms with E-state index < -0.39 is 0 Å². The summed E-state index contributed by atoms with van der Waals surface area (Å²) < 4.78 is 7.05. The van der Waals surface area contributed by atoms with E-state index in [9.17, 15) is 4.79 Å². The van der Waals surface area contributed by atoms with E-state index in [2.05, 4.69) is 34.2 Å². The number of fused-ring (bicyclic) bond motifs is 3. The second-order valence-electron chi connectivity index (χ2n) is 7.78. The Hall–Kier alpha value is -3.52. The summed E-state index contributed by atoms with van der Waals surface area (Å²) in [4.78, 5) is 21.2. The number of nitrogens with zero attached hydrogens (tertiary/aromatic N) is 6. The summed E-state index contributed by atoms with van der Waals surface area (Å²) >= 11 is 0. The zero-order chi connectivity index (χ0) is 21.4. The van der Waals surface area contributed by atoms with E-state index in [-0.39, 0.29) is 12.5 Å². The van der Waals surface area contributed by atoms with Gasteiger partial charge in [0, 0.05) is 44.2 Å². The fraction of sp³-hybridized carbons (Fsp3) is 0.304. The van der Waals surface area contributed by atoms with Gasteiger partial charge in [-0.05, 0) is 25.1 Å². The first-order valence-corrected chi connectivity index (χ1v) is 10.4. The highest BCUT2D eigenvalue weighted by Gasteiger charge is 2.25. The third-order valence-electron chi connectivity index (χ3n) is 5.69. The molecule has 3 heterocycles. The van der Waals surface area contributed by atoms with Gasteiger partial charge in [0.2, 0.25) is 11.9 Å². The van der Waals surface area contributed by atoms with Crippen LogP contribution < -0.4 is 4.90 Å². The number of para-hydroxylation sites is 1. The average Bonchev–Trinajstić information content (AvgIpc) is 3.24. The maximum atomic E-state index is 12.2. The summed E-state index contributed by atoms with van der Waals surface area (Å²) in [6.45, 7) is 4.79. The van der Waals surface area contributed by atoms with Gasteiger partial charge < -0.3 is 14.5 Å². The molecule has 0 atom stereocenters. The van der Waals surface area contributed by atoms with E-state index in [1.807, 2.05) is 45.7 Å². The lowest BCUT2D eigenvalue weighted by atomic mass is 10.1. The third kappa shape index (κ3) is 3.48. The molecule has 1 saturated heterocycles. The molecule has 5 rings (SSSR count). The zero-order valence-corrected chi connectivity index (χ0v) is 17.7. The minimum absolute atomic E-state index is 0.0171. The van der Waals surface area contributed by atoms with Crippen molar-refractivity contribution in [1.82, 2.24) is 24.5 Å². The summed E-state index contributed by atoms with van der Waals surface area (Å²) in [6, 6.07) is 16.2. The molecule has 0 spiro atoms. The van der Waals surface area contributed by atoms with E-state index in [0.29, 0.717) is 26.2 Å². The number of carbonyl (C=O) groups excluding carboxylic acids is 1. The van der Waals surface area contributed by atoms with Crippen molar-refractivity contribution in [2.24, 2.45) is 0 Å². The Bertz CT molecular complexity index is 1260. The van der Waals surface area contributed by atoms with Gasteiger partial charge in [-0.1, -0.05) is 35.9 Å². The first-order chi connectivity index (χ1) is 15.2. The summed E-state index contributed by atoms with van der Waals surface area (Å²) in [5.74, 6) is 1.59. The standard InChI is InChI=1S/C23H24N6O2/c1-16-6-5-7-17(14-16)21-25-26-22-18-8-3-4-9-19(18)24-23(29(21)22)28-12-10-27(11-13-28)20(30)15-31-2/h3-9,14H,10-13,15H2,1-2H3. The summed E-state index contributed by atoms with van der Waals surface area (Å²) in [7, 11) is 1.54. The highest BCUT2D eigenvalue weighted by molar-refractivity contribution is 5.93. The van der Waals surface area contributed by atoms with Crippen LogP contribution >= 0.6 is 0 Å². The molecule has 0 unspecified atom stereocenters. The molecule has 1 aliphatic heterocycles. The van der Waals surface area contributed by atoms with Crippen molar-refractivity contribution in [2.45, 2.75) is 6.92 Å². The molecule has 8 heteroatoms. The van der Waals surface area contributed by atoms with Gasteiger partial charge in [-0.15, -0.1) is 10.2 Å². The monoisotopic (exact) mass is 416 g/mol. The third-order valence-corrected chi connectivity index (χ3v) is 5.69. The van der Waals surface area contributed by atoms with Gasteiger partial charge in [0.1, 0.15) is 6.61 Å². The number of carbonyl (C=O) groups is 1. The minimum atomic E-state index is 0.0171. The molecule has 4 aromatic rings. The number of ether oxygens (including phenoxy) is 1. The molecule has 158 valence electrons. The van der Waals surface area contributed by atoms with E-state index in [0.717, 1.165) is 39.4 Å². The number of hydrogen-bond acceptors (Lipinski definition) is 6. The van der Waals surface area contributed by atoms with Crippen molar-refractivity contribution in [1.29, 1.82) is 0 Å². The maximum absolute atomic E-state index is 12.2. The number of rotatable bonds is 4. The molecule has 0 radical (unpaired) electrons. The Balaban J connectivity index is 1.61. The van der Waals surface area contributed by atoms with Crippen LogP contribution in [-0.2, 0) is 9.53 Å². The number of aryl methyl sites for hydroxylation is 1. The van der Waals surface area contributed by atoms with Crippen LogP contribution in [0.4, 0.5) is 5.95 Å².